The van der Waals surface area contributed by atoms with Crippen LogP contribution in [0.3, 0.4) is 0 Å². The van der Waals surface area contributed by atoms with Gasteiger partial charge < -0.3 is 10.5 Å². The van der Waals surface area contributed by atoms with Gasteiger partial charge in [-0.3, -0.25) is 0 Å². The van der Waals surface area contributed by atoms with Gasteiger partial charge in [0.1, 0.15) is 18.2 Å². The second-order valence-corrected chi connectivity index (χ2v) is 3.40. The van der Waals surface area contributed by atoms with Crippen LogP contribution in [0.5, 0.6) is 5.75 Å². The molecule has 1 rings (SSSR count). The van der Waals surface area contributed by atoms with Crippen molar-refractivity contribution >= 4 is 11.6 Å². The van der Waals surface area contributed by atoms with E-state index in [2.05, 4.69) is 0 Å². The lowest BCUT2D eigenvalue weighted by molar-refractivity contribution is 0.356. The Morgan fingerprint density at radius 2 is 2.33 bits per heavy atom. The average Bonchev–Trinajstić information content (AvgIpc) is 2.20. The maximum absolute atomic E-state index is 12.9. The summed E-state index contributed by atoms with van der Waals surface area (Å²) in [5.41, 5.74) is 7.72. The van der Waals surface area contributed by atoms with Gasteiger partial charge in [0.2, 0.25) is 0 Å². The summed E-state index contributed by atoms with van der Waals surface area (Å²) in [6.45, 7) is 2.12. The van der Waals surface area contributed by atoms with Crippen molar-refractivity contribution < 1.29 is 9.13 Å². The predicted octanol–water partition coefficient (Wildman–Crippen LogP) is 2.98. The van der Waals surface area contributed by atoms with Crippen LogP contribution < -0.4 is 10.5 Å². The van der Waals surface area contributed by atoms with Crippen LogP contribution in [-0.4, -0.2) is 6.61 Å². The molecule has 0 saturated carbocycles. The van der Waals surface area contributed by atoms with Gasteiger partial charge in [-0.05, 0) is 31.2 Å². The number of hydrogen-bond donors (Lipinski definition) is 1. The maximum atomic E-state index is 12.9. The second kappa shape index (κ2) is 5.73. The molecule has 0 aromatic heterocycles. The first-order chi connectivity index (χ1) is 7.15. The minimum absolute atomic E-state index is 0.268. The van der Waals surface area contributed by atoms with Crippen LogP contribution in [0.1, 0.15) is 18.5 Å². The van der Waals surface area contributed by atoms with Crippen molar-refractivity contribution in [3.63, 3.8) is 0 Å². The highest BCUT2D eigenvalue weighted by molar-refractivity contribution is 6.25. The lowest BCUT2D eigenvalue weighted by Crippen LogP contribution is -2.08. The maximum Gasteiger partial charge on any atom is 0.124 e. The molecule has 1 aromatic carbocycles. The third-order valence-electron chi connectivity index (χ3n) is 1.89. The van der Waals surface area contributed by atoms with E-state index < -0.39 is 0 Å². The summed E-state index contributed by atoms with van der Waals surface area (Å²) in [4.78, 5) is 0. The molecule has 4 heteroatoms. The second-order valence-electron chi connectivity index (χ2n) is 3.14. The molecule has 0 spiro atoms. The molecule has 0 aliphatic carbocycles. The molecule has 0 radical (unpaired) electrons. The fourth-order valence-corrected chi connectivity index (χ4v) is 1.25. The molecule has 1 atom stereocenters. The van der Waals surface area contributed by atoms with E-state index in [-0.39, 0.29) is 11.9 Å². The van der Waals surface area contributed by atoms with Crippen molar-refractivity contribution in [3.05, 3.63) is 41.2 Å². The van der Waals surface area contributed by atoms with E-state index in [1.54, 1.807) is 19.1 Å². The van der Waals surface area contributed by atoms with Gasteiger partial charge in [0.15, 0.2) is 0 Å². The zero-order valence-corrected chi connectivity index (χ0v) is 9.17. The molecule has 0 amide bonds. The van der Waals surface area contributed by atoms with E-state index in [9.17, 15) is 4.39 Å². The quantitative estimate of drug-likeness (QED) is 0.862. The lowest BCUT2D eigenvalue weighted by atomic mass is 10.1. The molecule has 2 nitrogen and oxygen atoms in total. The standard InChI is InChI=1S/C11H13ClFNO/c1-8(14)10-7-9(13)3-4-11(10)15-6-2-5-12/h2-5,7-8H,6,14H2,1H3. The van der Waals surface area contributed by atoms with Crippen LogP contribution in [0.25, 0.3) is 0 Å². The minimum Gasteiger partial charge on any atom is -0.489 e. The normalized spacial score (nSPS) is 13.1. The average molecular weight is 230 g/mol. The summed E-state index contributed by atoms with van der Waals surface area (Å²) in [6, 6.07) is 4.02. The van der Waals surface area contributed by atoms with E-state index in [0.29, 0.717) is 17.9 Å². The number of hydrogen-bond acceptors (Lipinski definition) is 2. The van der Waals surface area contributed by atoms with Crippen molar-refractivity contribution in [2.45, 2.75) is 13.0 Å². The molecular formula is C11H13ClFNO. The molecule has 82 valence electrons. The molecule has 2 N–H and O–H groups in total. The van der Waals surface area contributed by atoms with Gasteiger partial charge in [0.25, 0.3) is 0 Å². The van der Waals surface area contributed by atoms with Gasteiger partial charge in [-0.15, -0.1) is 0 Å². The molecule has 0 bridgehead atoms. The van der Waals surface area contributed by atoms with Crippen LogP contribution in [0.2, 0.25) is 0 Å². The molecular weight excluding hydrogens is 217 g/mol. The van der Waals surface area contributed by atoms with Crippen molar-refractivity contribution in [3.8, 4) is 5.75 Å². The smallest absolute Gasteiger partial charge is 0.124 e. The van der Waals surface area contributed by atoms with Crippen molar-refractivity contribution in [1.82, 2.24) is 0 Å². The van der Waals surface area contributed by atoms with Crippen molar-refractivity contribution in [2.24, 2.45) is 5.73 Å². The monoisotopic (exact) mass is 229 g/mol. The van der Waals surface area contributed by atoms with E-state index in [1.165, 1.54) is 17.7 Å². The lowest BCUT2D eigenvalue weighted by Gasteiger charge is -2.12. The van der Waals surface area contributed by atoms with E-state index in [0.717, 1.165) is 0 Å². The predicted molar refractivity (Wildman–Crippen MR) is 59.5 cm³/mol. The molecule has 15 heavy (non-hydrogen) atoms. The van der Waals surface area contributed by atoms with Crippen LogP contribution in [0, 0.1) is 5.82 Å². The number of nitrogens with two attached hydrogens (primary N) is 1. The van der Waals surface area contributed by atoms with E-state index in [1.807, 2.05) is 0 Å². The third kappa shape index (κ3) is 3.53. The number of benzene rings is 1. The summed E-state index contributed by atoms with van der Waals surface area (Å²) in [7, 11) is 0. The van der Waals surface area contributed by atoms with Gasteiger partial charge in [0, 0.05) is 17.1 Å². The topological polar surface area (TPSA) is 35.2 Å². The van der Waals surface area contributed by atoms with Gasteiger partial charge in [-0.25, -0.2) is 4.39 Å². The highest BCUT2D eigenvalue weighted by Crippen LogP contribution is 2.24. The van der Waals surface area contributed by atoms with Gasteiger partial charge in [0.05, 0.1) is 0 Å². The van der Waals surface area contributed by atoms with Gasteiger partial charge in [-0.1, -0.05) is 11.6 Å². The fourth-order valence-electron chi connectivity index (χ4n) is 1.18. The van der Waals surface area contributed by atoms with Crippen LogP contribution in [0.4, 0.5) is 4.39 Å². The highest BCUT2D eigenvalue weighted by atomic mass is 35.5. The minimum atomic E-state index is -0.317. The molecule has 0 saturated heterocycles. The summed E-state index contributed by atoms with van der Waals surface area (Å²) >= 11 is 5.35. The Morgan fingerprint density at radius 1 is 1.60 bits per heavy atom. The molecule has 0 heterocycles. The SMILES string of the molecule is CC(N)c1cc(F)ccc1OCC=CCl. The van der Waals surface area contributed by atoms with Crippen LogP contribution in [-0.2, 0) is 0 Å². The third-order valence-corrected chi connectivity index (χ3v) is 2.06. The Hall–Kier alpha value is -1.06. The Labute approximate surface area is 93.5 Å². The molecule has 0 aliphatic rings. The number of halogens is 2. The first kappa shape index (κ1) is 12.0. The summed E-state index contributed by atoms with van der Waals surface area (Å²) in [6.07, 6.45) is 1.65. The van der Waals surface area contributed by atoms with Gasteiger partial charge >= 0.3 is 0 Å². The first-order valence-corrected chi connectivity index (χ1v) is 5.02. The van der Waals surface area contributed by atoms with E-state index in [4.69, 9.17) is 22.1 Å². The van der Waals surface area contributed by atoms with Crippen molar-refractivity contribution in [2.75, 3.05) is 6.61 Å². The number of rotatable bonds is 4. The molecule has 1 unspecified atom stereocenters. The molecule has 1 aromatic rings. The zero-order chi connectivity index (χ0) is 11.3. The highest BCUT2D eigenvalue weighted by Gasteiger charge is 2.08. The zero-order valence-electron chi connectivity index (χ0n) is 8.41. The first-order valence-electron chi connectivity index (χ1n) is 4.58. The summed E-state index contributed by atoms with van der Waals surface area (Å²) in [5.74, 6) is 0.267. The van der Waals surface area contributed by atoms with E-state index >= 15 is 0 Å². The Bertz CT molecular complexity index is 352. The molecule has 0 fully saturated rings. The number of ether oxygens (including phenoxy) is 1. The fraction of sp³-hybridized carbons (Fsp3) is 0.273. The van der Waals surface area contributed by atoms with Crippen LogP contribution >= 0.6 is 11.6 Å². The van der Waals surface area contributed by atoms with Gasteiger partial charge in [-0.2, -0.15) is 0 Å². The van der Waals surface area contributed by atoms with Crippen LogP contribution in [0.15, 0.2) is 29.8 Å². The Morgan fingerprint density at radius 3 is 2.93 bits per heavy atom. The van der Waals surface area contributed by atoms with Crippen molar-refractivity contribution in [1.29, 1.82) is 0 Å². The Balaban J connectivity index is 2.85. The summed E-state index contributed by atoms with van der Waals surface area (Å²) in [5, 5.41) is 0. The largest absolute Gasteiger partial charge is 0.489 e. The summed E-state index contributed by atoms with van der Waals surface area (Å²) < 4.78 is 18.3. The Kier molecular flexibility index (Phi) is 4.59. The molecule has 0 aliphatic heterocycles.